The van der Waals surface area contributed by atoms with Gasteiger partial charge in [0, 0.05) is 32.1 Å². The molecule has 1 aliphatic heterocycles. The Morgan fingerprint density at radius 2 is 1.88 bits per heavy atom. The highest BCUT2D eigenvalue weighted by atomic mass is 16.2. The number of likely N-dealkylation sites (tertiary alicyclic amines) is 1. The van der Waals surface area contributed by atoms with Gasteiger partial charge in [0.25, 0.3) is 0 Å². The first-order valence-corrected chi connectivity index (χ1v) is 6.44. The van der Waals surface area contributed by atoms with E-state index in [4.69, 9.17) is 5.73 Å². The highest BCUT2D eigenvalue weighted by Crippen LogP contribution is 2.12. The molecule has 4 nitrogen and oxygen atoms in total. The zero-order chi connectivity index (χ0) is 12.0. The predicted octanol–water partition coefficient (Wildman–Crippen LogP) is 0.668. The summed E-state index contributed by atoms with van der Waals surface area (Å²) in [5.41, 5.74) is 5.76. The maximum atomic E-state index is 12.0. The van der Waals surface area contributed by atoms with Crippen molar-refractivity contribution in [2.24, 2.45) is 5.73 Å². The van der Waals surface area contributed by atoms with Gasteiger partial charge in [-0.3, -0.25) is 9.69 Å². The number of carbonyl (C=O) groups is 1. The standard InChI is InChI=1S/C12H25N3O/c1-3-14(4-2)11(10-13)9-12(16)15-7-5-6-8-15/h11H,3-10,13H2,1-2H3. The van der Waals surface area contributed by atoms with Gasteiger partial charge in [-0.15, -0.1) is 0 Å². The molecule has 4 heteroatoms. The molecule has 0 aromatic carbocycles. The van der Waals surface area contributed by atoms with E-state index >= 15 is 0 Å². The first-order chi connectivity index (χ1) is 7.72. The van der Waals surface area contributed by atoms with Crippen LogP contribution in [0.15, 0.2) is 0 Å². The van der Waals surface area contributed by atoms with Gasteiger partial charge >= 0.3 is 0 Å². The lowest BCUT2D eigenvalue weighted by Crippen LogP contribution is -2.44. The number of rotatable bonds is 6. The van der Waals surface area contributed by atoms with Crippen LogP contribution in [-0.4, -0.2) is 54.5 Å². The van der Waals surface area contributed by atoms with Gasteiger partial charge in [-0.1, -0.05) is 13.8 Å². The molecular formula is C12H25N3O. The average molecular weight is 227 g/mol. The van der Waals surface area contributed by atoms with Crippen LogP contribution in [-0.2, 0) is 4.79 Å². The Kier molecular flexibility index (Phi) is 5.77. The first-order valence-electron chi connectivity index (χ1n) is 6.44. The molecule has 2 N–H and O–H groups in total. The Balaban J connectivity index is 2.45. The second-order valence-corrected chi connectivity index (χ2v) is 4.40. The van der Waals surface area contributed by atoms with Crippen LogP contribution in [0.1, 0.15) is 33.1 Å². The fourth-order valence-electron chi connectivity index (χ4n) is 2.40. The van der Waals surface area contributed by atoms with E-state index in [2.05, 4.69) is 18.7 Å². The quantitative estimate of drug-likeness (QED) is 0.725. The van der Waals surface area contributed by atoms with Crippen LogP contribution in [0, 0.1) is 0 Å². The molecule has 16 heavy (non-hydrogen) atoms. The lowest BCUT2D eigenvalue weighted by Gasteiger charge is -2.29. The Bertz CT molecular complexity index is 210. The van der Waals surface area contributed by atoms with E-state index in [1.165, 1.54) is 0 Å². The van der Waals surface area contributed by atoms with Crippen LogP contribution in [0.25, 0.3) is 0 Å². The van der Waals surface area contributed by atoms with Crippen LogP contribution < -0.4 is 5.73 Å². The number of carbonyl (C=O) groups excluding carboxylic acids is 1. The zero-order valence-corrected chi connectivity index (χ0v) is 10.6. The molecule has 0 aliphatic carbocycles. The first kappa shape index (κ1) is 13.5. The van der Waals surface area contributed by atoms with Gasteiger partial charge in [-0.2, -0.15) is 0 Å². The summed E-state index contributed by atoms with van der Waals surface area (Å²) in [6, 6.07) is 0.211. The van der Waals surface area contributed by atoms with Gasteiger partial charge in [-0.05, 0) is 25.9 Å². The van der Waals surface area contributed by atoms with Crippen molar-refractivity contribution in [2.75, 3.05) is 32.7 Å². The maximum absolute atomic E-state index is 12.0. The third kappa shape index (κ3) is 3.46. The lowest BCUT2D eigenvalue weighted by atomic mass is 10.1. The molecular weight excluding hydrogens is 202 g/mol. The number of hydrogen-bond donors (Lipinski definition) is 1. The summed E-state index contributed by atoms with van der Waals surface area (Å²) >= 11 is 0. The summed E-state index contributed by atoms with van der Waals surface area (Å²) in [5, 5.41) is 0. The monoisotopic (exact) mass is 227 g/mol. The van der Waals surface area contributed by atoms with Gasteiger partial charge in [0.15, 0.2) is 0 Å². The molecule has 1 rings (SSSR count). The zero-order valence-electron chi connectivity index (χ0n) is 10.6. The molecule has 0 aromatic heterocycles. The van der Waals surface area contributed by atoms with Crippen molar-refractivity contribution in [1.82, 2.24) is 9.80 Å². The second-order valence-electron chi connectivity index (χ2n) is 4.40. The molecule has 1 fully saturated rings. The minimum atomic E-state index is 0.211. The van der Waals surface area contributed by atoms with Gasteiger partial charge in [0.2, 0.25) is 5.91 Å². The summed E-state index contributed by atoms with van der Waals surface area (Å²) in [7, 11) is 0. The molecule has 1 unspecified atom stereocenters. The van der Waals surface area contributed by atoms with E-state index in [0.29, 0.717) is 13.0 Å². The van der Waals surface area contributed by atoms with Crippen LogP contribution in [0.2, 0.25) is 0 Å². The summed E-state index contributed by atoms with van der Waals surface area (Å²) in [4.78, 5) is 16.2. The molecule has 0 bridgehead atoms. The highest BCUT2D eigenvalue weighted by molar-refractivity contribution is 5.77. The Morgan fingerprint density at radius 1 is 1.31 bits per heavy atom. The average Bonchev–Trinajstić information content (AvgIpc) is 2.82. The number of likely N-dealkylation sites (N-methyl/N-ethyl adjacent to an activating group) is 1. The second kappa shape index (κ2) is 6.86. The molecule has 1 heterocycles. The third-order valence-corrected chi connectivity index (χ3v) is 3.47. The molecule has 0 radical (unpaired) electrons. The molecule has 1 aliphatic rings. The fourth-order valence-corrected chi connectivity index (χ4v) is 2.40. The van der Waals surface area contributed by atoms with Crippen molar-refractivity contribution in [3.8, 4) is 0 Å². The van der Waals surface area contributed by atoms with Crippen molar-refractivity contribution < 1.29 is 4.79 Å². The van der Waals surface area contributed by atoms with Crippen molar-refractivity contribution >= 4 is 5.91 Å². The fraction of sp³-hybridized carbons (Fsp3) is 0.917. The van der Waals surface area contributed by atoms with Crippen molar-refractivity contribution in [1.29, 1.82) is 0 Å². The summed E-state index contributed by atoms with van der Waals surface area (Å²) < 4.78 is 0. The molecule has 1 saturated heterocycles. The number of hydrogen-bond acceptors (Lipinski definition) is 3. The lowest BCUT2D eigenvalue weighted by molar-refractivity contribution is -0.131. The minimum Gasteiger partial charge on any atom is -0.343 e. The van der Waals surface area contributed by atoms with Gasteiger partial charge in [0.1, 0.15) is 0 Å². The van der Waals surface area contributed by atoms with E-state index in [0.717, 1.165) is 39.0 Å². The SMILES string of the molecule is CCN(CC)C(CN)CC(=O)N1CCCC1. The summed E-state index contributed by atoms with van der Waals surface area (Å²) in [6.45, 7) is 8.61. The Labute approximate surface area is 98.8 Å². The van der Waals surface area contributed by atoms with Crippen molar-refractivity contribution in [2.45, 2.75) is 39.2 Å². The van der Waals surface area contributed by atoms with Crippen molar-refractivity contribution in [3.63, 3.8) is 0 Å². The molecule has 94 valence electrons. The number of nitrogens with two attached hydrogens (primary N) is 1. The van der Waals surface area contributed by atoms with E-state index in [1.807, 2.05) is 4.90 Å². The normalized spacial score (nSPS) is 18.1. The van der Waals surface area contributed by atoms with E-state index < -0.39 is 0 Å². The summed E-state index contributed by atoms with van der Waals surface area (Å²) in [6.07, 6.45) is 2.90. The largest absolute Gasteiger partial charge is 0.343 e. The topological polar surface area (TPSA) is 49.6 Å². The van der Waals surface area contributed by atoms with Crippen LogP contribution in [0.5, 0.6) is 0 Å². The van der Waals surface area contributed by atoms with E-state index in [1.54, 1.807) is 0 Å². The third-order valence-electron chi connectivity index (χ3n) is 3.47. The summed E-state index contributed by atoms with van der Waals surface area (Å²) in [5.74, 6) is 0.278. The van der Waals surface area contributed by atoms with Crippen molar-refractivity contribution in [3.05, 3.63) is 0 Å². The maximum Gasteiger partial charge on any atom is 0.224 e. The molecule has 0 aromatic rings. The van der Waals surface area contributed by atoms with E-state index in [9.17, 15) is 4.79 Å². The highest BCUT2D eigenvalue weighted by Gasteiger charge is 2.23. The molecule has 0 saturated carbocycles. The van der Waals surface area contributed by atoms with Gasteiger partial charge in [-0.25, -0.2) is 0 Å². The predicted molar refractivity (Wildman–Crippen MR) is 66.2 cm³/mol. The van der Waals surface area contributed by atoms with Gasteiger partial charge in [0.05, 0.1) is 0 Å². The Morgan fingerprint density at radius 3 is 2.31 bits per heavy atom. The molecule has 1 amide bonds. The van der Waals surface area contributed by atoms with Crippen LogP contribution in [0.4, 0.5) is 0 Å². The smallest absolute Gasteiger partial charge is 0.224 e. The number of amides is 1. The van der Waals surface area contributed by atoms with Crippen LogP contribution in [0.3, 0.4) is 0 Å². The molecule has 1 atom stereocenters. The van der Waals surface area contributed by atoms with Crippen LogP contribution >= 0.6 is 0 Å². The number of nitrogens with zero attached hydrogens (tertiary/aromatic N) is 2. The van der Waals surface area contributed by atoms with Gasteiger partial charge < -0.3 is 10.6 Å². The Hall–Kier alpha value is -0.610. The van der Waals surface area contributed by atoms with E-state index in [-0.39, 0.29) is 11.9 Å². The minimum absolute atomic E-state index is 0.211. The molecule has 0 spiro atoms.